The first-order chi connectivity index (χ1) is 13.6. The van der Waals surface area contributed by atoms with Gasteiger partial charge in [-0.15, -0.1) is 0 Å². The van der Waals surface area contributed by atoms with E-state index in [9.17, 15) is 4.79 Å². The highest BCUT2D eigenvalue weighted by Gasteiger charge is 2.18. The van der Waals surface area contributed by atoms with E-state index in [4.69, 9.17) is 0 Å². The van der Waals surface area contributed by atoms with E-state index >= 15 is 0 Å². The average molecular weight is 371 g/mol. The van der Waals surface area contributed by atoms with Gasteiger partial charge in [0.2, 0.25) is 0 Å². The van der Waals surface area contributed by atoms with E-state index in [-0.39, 0.29) is 5.91 Å². The zero-order chi connectivity index (χ0) is 19.5. The third-order valence-electron chi connectivity index (χ3n) is 5.42. The fraction of sp³-hybridized carbons (Fsp3) is 0.250. The molecular weight excluding hydrogens is 346 g/mol. The number of aromatic nitrogens is 1. The van der Waals surface area contributed by atoms with Crippen LogP contribution in [0.25, 0.3) is 5.69 Å². The van der Waals surface area contributed by atoms with Crippen molar-refractivity contribution >= 4 is 11.6 Å². The van der Waals surface area contributed by atoms with Crippen molar-refractivity contribution < 1.29 is 4.79 Å². The van der Waals surface area contributed by atoms with E-state index < -0.39 is 0 Å². The zero-order valence-electron chi connectivity index (χ0n) is 16.4. The summed E-state index contributed by atoms with van der Waals surface area (Å²) in [4.78, 5) is 12.9. The van der Waals surface area contributed by atoms with Gasteiger partial charge in [-0.25, -0.2) is 5.43 Å². The third-order valence-corrected chi connectivity index (χ3v) is 5.42. The van der Waals surface area contributed by atoms with Gasteiger partial charge in [-0.05, 0) is 63.3 Å². The normalized spacial score (nSPS) is 15.1. The minimum absolute atomic E-state index is 0.162. The molecule has 28 heavy (non-hydrogen) atoms. The zero-order valence-corrected chi connectivity index (χ0v) is 16.4. The van der Waals surface area contributed by atoms with Crippen molar-refractivity contribution in [2.24, 2.45) is 5.10 Å². The molecule has 1 heterocycles. The molecule has 0 saturated carbocycles. The fourth-order valence-corrected chi connectivity index (χ4v) is 4.02. The van der Waals surface area contributed by atoms with Gasteiger partial charge in [0, 0.05) is 22.6 Å². The molecule has 1 aromatic heterocycles. The Morgan fingerprint density at radius 1 is 0.964 bits per heavy atom. The molecule has 3 aromatic rings. The molecule has 0 fully saturated rings. The molecule has 0 aliphatic heterocycles. The number of hydrazone groups is 1. The van der Waals surface area contributed by atoms with Crippen molar-refractivity contribution in [1.29, 1.82) is 0 Å². The number of carbonyl (C=O) groups excluding carboxylic acids is 1. The highest BCUT2D eigenvalue weighted by molar-refractivity contribution is 6.03. The largest absolute Gasteiger partial charge is 0.318 e. The van der Waals surface area contributed by atoms with Crippen molar-refractivity contribution in [2.45, 2.75) is 39.5 Å². The Bertz CT molecular complexity index is 1030. The van der Waals surface area contributed by atoms with E-state index in [1.165, 1.54) is 5.56 Å². The number of fused-ring (bicyclic) bond motifs is 1. The lowest BCUT2D eigenvalue weighted by Crippen LogP contribution is -2.21. The van der Waals surface area contributed by atoms with Crippen molar-refractivity contribution in [2.75, 3.05) is 0 Å². The third kappa shape index (κ3) is 3.50. The maximum atomic E-state index is 12.9. The number of carbonyl (C=O) groups is 1. The summed E-state index contributed by atoms with van der Waals surface area (Å²) in [6, 6.07) is 20.4. The number of para-hydroxylation sites is 1. The monoisotopic (exact) mass is 371 g/mol. The maximum Gasteiger partial charge on any atom is 0.273 e. The standard InChI is InChI=1S/C24H25N3O/c1-17-16-22(18(2)27(17)20-12-4-3-5-13-20)24(28)26-25-23-15-9-7-11-19-10-6-8-14-21(19)23/h3-6,8,10,12-14,16H,7,9,11,15H2,1-2H3,(H,26,28)/b25-23-. The SMILES string of the molecule is Cc1cc(C(=O)N/N=C2/CCCCc3ccccc32)c(C)n1-c1ccccc1. The fourth-order valence-electron chi connectivity index (χ4n) is 4.02. The van der Waals surface area contributed by atoms with E-state index in [0.717, 1.165) is 54.0 Å². The van der Waals surface area contributed by atoms with Gasteiger partial charge in [-0.2, -0.15) is 5.10 Å². The van der Waals surface area contributed by atoms with E-state index in [1.54, 1.807) is 0 Å². The number of hydrogen-bond donors (Lipinski definition) is 1. The Morgan fingerprint density at radius 2 is 1.68 bits per heavy atom. The molecule has 4 nitrogen and oxygen atoms in total. The lowest BCUT2D eigenvalue weighted by atomic mass is 10.0. The van der Waals surface area contributed by atoms with Crippen molar-refractivity contribution in [1.82, 2.24) is 9.99 Å². The molecule has 0 bridgehead atoms. The van der Waals surface area contributed by atoms with E-state index in [2.05, 4.69) is 33.3 Å². The Labute approximate surface area is 165 Å². The van der Waals surface area contributed by atoms with Crippen molar-refractivity contribution in [3.63, 3.8) is 0 Å². The Morgan fingerprint density at radius 3 is 2.50 bits per heavy atom. The summed E-state index contributed by atoms with van der Waals surface area (Å²) in [6.45, 7) is 3.99. The summed E-state index contributed by atoms with van der Waals surface area (Å²) in [5.41, 5.74) is 9.92. The summed E-state index contributed by atoms with van der Waals surface area (Å²) in [5, 5.41) is 4.52. The molecular formula is C24H25N3O. The van der Waals surface area contributed by atoms with Gasteiger partial charge in [-0.3, -0.25) is 4.79 Å². The molecule has 0 saturated heterocycles. The van der Waals surface area contributed by atoms with Gasteiger partial charge in [-0.1, -0.05) is 42.5 Å². The first-order valence-corrected chi connectivity index (χ1v) is 9.84. The summed E-state index contributed by atoms with van der Waals surface area (Å²) >= 11 is 0. The summed E-state index contributed by atoms with van der Waals surface area (Å²) in [6.07, 6.45) is 4.20. The Balaban J connectivity index is 1.61. The number of hydrogen-bond acceptors (Lipinski definition) is 2. The number of amides is 1. The van der Waals surface area contributed by atoms with Crippen LogP contribution in [0, 0.1) is 13.8 Å². The number of nitrogens with one attached hydrogen (secondary N) is 1. The molecule has 2 aromatic carbocycles. The number of rotatable bonds is 3. The Hall–Kier alpha value is -3.14. The van der Waals surface area contributed by atoms with Crippen LogP contribution in [0.1, 0.15) is 52.1 Å². The first-order valence-electron chi connectivity index (χ1n) is 9.84. The van der Waals surface area contributed by atoms with Crippen LogP contribution in [-0.4, -0.2) is 16.2 Å². The second-order valence-electron chi connectivity index (χ2n) is 7.32. The predicted molar refractivity (Wildman–Crippen MR) is 113 cm³/mol. The van der Waals surface area contributed by atoms with E-state index in [0.29, 0.717) is 5.56 Å². The smallest absolute Gasteiger partial charge is 0.273 e. The molecule has 1 N–H and O–H groups in total. The minimum atomic E-state index is -0.162. The van der Waals surface area contributed by atoms with Gasteiger partial charge in [0.05, 0.1) is 11.3 Å². The van der Waals surface area contributed by atoms with Gasteiger partial charge >= 0.3 is 0 Å². The highest BCUT2D eigenvalue weighted by atomic mass is 16.2. The van der Waals surface area contributed by atoms with Crippen molar-refractivity contribution in [3.8, 4) is 5.69 Å². The number of benzene rings is 2. The summed E-state index contributed by atoms with van der Waals surface area (Å²) < 4.78 is 2.10. The van der Waals surface area contributed by atoms with Crippen LogP contribution < -0.4 is 5.43 Å². The molecule has 1 amide bonds. The van der Waals surface area contributed by atoms with Gasteiger partial charge in [0.1, 0.15) is 0 Å². The maximum absolute atomic E-state index is 12.9. The molecule has 0 spiro atoms. The van der Waals surface area contributed by atoms with E-state index in [1.807, 2.05) is 56.3 Å². The molecule has 1 aliphatic carbocycles. The van der Waals surface area contributed by atoms with Crippen LogP contribution in [0.4, 0.5) is 0 Å². The van der Waals surface area contributed by atoms with Crippen LogP contribution in [0.2, 0.25) is 0 Å². The second kappa shape index (κ2) is 7.85. The van der Waals surface area contributed by atoms with Gasteiger partial charge in [0.25, 0.3) is 5.91 Å². The molecule has 0 unspecified atom stereocenters. The van der Waals surface area contributed by atoms with Crippen molar-refractivity contribution in [3.05, 3.63) is 88.7 Å². The summed E-state index contributed by atoms with van der Waals surface area (Å²) in [7, 11) is 0. The molecule has 142 valence electrons. The van der Waals surface area contributed by atoms with Crippen LogP contribution in [0.3, 0.4) is 0 Å². The topological polar surface area (TPSA) is 46.4 Å². The van der Waals surface area contributed by atoms with Crippen LogP contribution >= 0.6 is 0 Å². The lowest BCUT2D eigenvalue weighted by Gasteiger charge is -2.10. The average Bonchev–Trinajstić information content (AvgIpc) is 2.89. The predicted octanol–water partition coefficient (Wildman–Crippen LogP) is 4.95. The number of aryl methyl sites for hydroxylation is 2. The van der Waals surface area contributed by atoms with Crippen LogP contribution in [0.5, 0.6) is 0 Å². The molecule has 1 aliphatic rings. The lowest BCUT2D eigenvalue weighted by molar-refractivity contribution is 0.0954. The molecule has 0 atom stereocenters. The molecule has 4 rings (SSSR count). The Kier molecular flexibility index (Phi) is 5.11. The van der Waals surface area contributed by atoms with Gasteiger partial charge < -0.3 is 4.57 Å². The number of nitrogens with zero attached hydrogens (tertiary/aromatic N) is 2. The minimum Gasteiger partial charge on any atom is -0.318 e. The molecule has 0 radical (unpaired) electrons. The van der Waals surface area contributed by atoms with Gasteiger partial charge in [0.15, 0.2) is 0 Å². The van der Waals surface area contributed by atoms with Crippen LogP contribution in [-0.2, 0) is 6.42 Å². The molecule has 4 heteroatoms. The van der Waals surface area contributed by atoms with Crippen LogP contribution in [0.15, 0.2) is 65.8 Å². The quantitative estimate of drug-likeness (QED) is 0.514. The second-order valence-corrected chi connectivity index (χ2v) is 7.32. The highest BCUT2D eigenvalue weighted by Crippen LogP contribution is 2.22. The summed E-state index contributed by atoms with van der Waals surface area (Å²) in [5.74, 6) is -0.162. The first kappa shape index (κ1) is 18.2.